The van der Waals surface area contributed by atoms with E-state index in [0.717, 1.165) is 5.56 Å². The Kier molecular flexibility index (Phi) is 8.18. The number of rotatable bonds is 7. The highest BCUT2D eigenvalue weighted by Gasteiger charge is 2.34. The average molecular weight is 555 g/mol. The number of thiazole rings is 1. The molecule has 0 N–H and O–H groups in total. The zero-order valence-corrected chi connectivity index (χ0v) is 23.2. The topological polar surface area (TPSA) is 96.2 Å². The van der Waals surface area contributed by atoms with E-state index in [1.165, 1.54) is 29.9 Å². The van der Waals surface area contributed by atoms with Crippen molar-refractivity contribution in [3.05, 3.63) is 89.6 Å². The summed E-state index contributed by atoms with van der Waals surface area (Å²) >= 11 is 7.23. The molecule has 3 aromatic rings. The normalized spacial score (nSPS) is 15.2. The van der Waals surface area contributed by atoms with E-state index in [1.54, 1.807) is 43.3 Å². The van der Waals surface area contributed by atoms with Crippen LogP contribution in [-0.4, -0.2) is 30.2 Å². The Hall–Kier alpha value is -3.69. The molecular formula is C28H27ClN2O6S. The fourth-order valence-corrected chi connectivity index (χ4v) is 5.19. The fraction of sp³-hybridized carbons (Fsp3) is 0.286. The second-order valence-corrected chi connectivity index (χ2v) is 10.6. The first kappa shape index (κ1) is 27.3. The maximum Gasteiger partial charge on any atom is 0.338 e. The summed E-state index contributed by atoms with van der Waals surface area (Å²) in [5, 5.41) is 0.593. The largest absolute Gasteiger partial charge is 0.493 e. The Bertz CT molecular complexity index is 1600. The predicted molar refractivity (Wildman–Crippen MR) is 145 cm³/mol. The molecule has 2 aromatic carbocycles. The van der Waals surface area contributed by atoms with Crippen molar-refractivity contribution < 1.29 is 23.8 Å². The van der Waals surface area contributed by atoms with Crippen LogP contribution < -0.4 is 24.4 Å². The number of halogens is 1. The Balaban J connectivity index is 1.92. The van der Waals surface area contributed by atoms with E-state index in [9.17, 15) is 14.4 Å². The molecule has 1 aliphatic heterocycles. The van der Waals surface area contributed by atoms with Crippen LogP contribution in [0.15, 0.2) is 63.5 Å². The number of esters is 2. The van der Waals surface area contributed by atoms with Crippen molar-refractivity contribution in [3.8, 4) is 11.5 Å². The minimum Gasteiger partial charge on any atom is -0.493 e. The molecular weight excluding hydrogens is 528 g/mol. The summed E-state index contributed by atoms with van der Waals surface area (Å²) in [7, 11) is 1.45. The zero-order valence-electron chi connectivity index (χ0n) is 21.6. The number of benzene rings is 2. The standard InChI is InChI=1S/C28H27ClN2O6S/c1-15(2)14-36-27(34)24-16(3)30-28-31(26(33)23(38-28)12-18-6-9-20(29)10-7-18)25(24)19-8-11-21(37-17(4)32)22(13-19)35-5/h6-13,15,25H,14H2,1-5H3/b23-12+/t25-/m1/s1. The van der Waals surface area contributed by atoms with Crippen LogP contribution in [0.4, 0.5) is 0 Å². The SMILES string of the molecule is COc1cc([C@@H]2C(C(=O)OCC(C)C)=C(C)N=c3s/c(=C/c4ccc(Cl)cc4)c(=O)n32)ccc1OC(C)=O. The summed E-state index contributed by atoms with van der Waals surface area (Å²) in [4.78, 5) is 43.7. The molecule has 0 unspecified atom stereocenters. The van der Waals surface area contributed by atoms with E-state index < -0.39 is 18.0 Å². The molecule has 0 saturated carbocycles. The van der Waals surface area contributed by atoms with Gasteiger partial charge >= 0.3 is 11.9 Å². The molecule has 38 heavy (non-hydrogen) atoms. The molecule has 4 rings (SSSR count). The first-order valence-corrected chi connectivity index (χ1v) is 13.1. The third-order valence-electron chi connectivity index (χ3n) is 5.71. The van der Waals surface area contributed by atoms with Gasteiger partial charge in [-0.1, -0.05) is 55.0 Å². The average Bonchev–Trinajstić information content (AvgIpc) is 3.17. The van der Waals surface area contributed by atoms with Crippen LogP contribution in [-0.2, 0) is 14.3 Å². The van der Waals surface area contributed by atoms with Gasteiger partial charge in [0.2, 0.25) is 0 Å². The van der Waals surface area contributed by atoms with Crippen LogP contribution in [0.5, 0.6) is 11.5 Å². The van der Waals surface area contributed by atoms with E-state index in [1.807, 2.05) is 26.0 Å². The van der Waals surface area contributed by atoms with Crippen molar-refractivity contribution in [3.63, 3.8) is 0 Å². The van der Waals surface area contributed by atoms with Gasteiger partial charge in [-0.3, -0.25) is 14.2 Å². The molecule has 0 aliphatic carbocycles. The Morgan fingerprint density at radius 3 is 2.50 bits per heavy atom. The number of ether oxygens (including phenoxy) is 3. The first-order chi connectivity index (χ1) is 18.1. The van der Waals surface area contributed by atoms with Crippen LogP contribution in [0, 0.1) is 5.92 Å². The lowest BCUT2D eigenvalue weighted by Crippen LogP contribution is -2.40. The third-order valence-corrected chi connectivity index (χ3v) is 6.95. The highest BCUT2D eigenvalue weighted by Crippen LogP contribution is 2.36. The molecule has 8 nitrogen and oxygen atoms in total. The molecule has 0 fully saturated rings. The minimum atomic E-state index is -0.835. The van der Waals surface area contributed by atoms with Crippen LogP contribution in [0.1, 0.15) is 44.9 Å². The zero-order chi connectivity index (χ0) is 27.6. The van der Waals surface area contributed by atoms with Gasteiger partial charge in [-0.15, -0.1) is 0 Å². The van der Waals surface area contributed by atoms with Crippen LogP contribution >= 0.6 is 22.9 Å². The van der Waals surface area contributed by atoms with Gasteiger partial charge in [0, 0.05) is 11.9 Å². The number of allylic oxidation sites excluding steroid dienone is 1. The maximum absolute atomic E-state index is 13.8. The summed E-state index contributed by atoms with van der Waals surface area (Å²) in [5.74, 6) is -0.420. The third kappa shape index (κ3) is 5.74. The quantitative estimate of drug-likeness (QED) is 0.323. The summed E-state index contributed by atoms with van der Waals surface area (Å²) in [6, 6.07) is 11.2. The number of carbonyl (C=O) groups excluding carboxylic acids is 2. The van der Waals surface area contributed by atoms with E-state index >= 15 is 0 Å². The van der Waals surface area contributed by atoms with Gasteiger partial charge < -0.3 is 14.2 Å². The van der Waals surface area contributed by atoms with Crippen molar-refractivity contribution in [1.82, 2.24) is 4.57 Å². The van der Waals surface area contributed by atoms with Crippen molar-refractivity contribution in [2.45, 2.75) is 33.7 Å². The Labute approximate surface area is 228 Å². The van der Waals surface area contributed by atoms with Gasteiger partial charge in [0.25, 0.3) is 5.56 Å². The van der Waals surface area contributed by atoms with Crippen LogP contribution in [0.3, 0.4) is 0 Å². The molecule has 0 amide bonds. The van der Waals surface area contributed by atoms with Gasteiger partial charge in [-0.05, 0) is 54.3 Å². The minimum absolute atomic E-state index is 0.127. The monoisotopic (exact) mass is 554 g/mol. The lowest BCUT2D eigenvalue weighted by molar-refractivity contribution is -0.140. The lowest BCUT2D eigenvalue weighted by atomic mass is 9.95. The molecule has 1 aliphatic rings. The van der Waals surface area contributed by atoms with Crippen molar-refractivity contribution in [2.24, 2.45) is 10.9 Å². The highest BCUT2D eigenvalue weighted by atomic mass is 35.5. The molecule has 0 bridgehead atoms. The van der Waals surface area contributed by atoms with Crippen LogP contribution in [0.25, 0.3) is 6.08 Å². The van der Waals surface area contributed by atoms with E-state index in [0.29, 0.717) is 25.6 Å². The number of hydrogen-bond acceptors (Lipinski definition) is 8. The molecule has 0 spiro atoms. The lowest BCUT2D eigenvalue weighted by Gasteiger charge is -2.25. The van der Waals surface area contributed by atoms with Gasteiger partial charge in [-0.2, -0.15) is 0 Å². The first-order valence-electron chi connectivity index (χ1n) is 11.9. The fourth-order valence-electron chi connectivity index (χ4n) is 4.02. The molecule has 198 valence electrons. The molecule has 0 radical (unpaired) electrons. The van der Waals surface area contributed by atoms with Gasteiger partial charge in [0.05, 0.1) is 35.6 Å². The highest BCUT2D eigenvalue weighted by molar-refractivity contribution is 7.07. The van der Waals surface area contributed by atoms with Crippen molar-refractivity contribution in [1.29, 1.82) is 0 Å². The summed E-state index contributed by atoms with van der Waals surface area (Å²) < 4.78 is 18.2. The molecule has 1 aromatic heterocycles. The second-order valence-electron chi connectivity index (χ2n) is 9.13. The molecule has 1 atom stereocenters. The van der Waals surface area contributed by atoms with E-state index in [2.05, 4.69) is 4.99 Å². The van der Waals surface area contributed by atoms with Crippen LogP contribution in [0.2, 0.25) is 5.02 Å². The van der Waals surface area contributed by atoms with Crippen molar-refractivity contribution >= 4 is 41.0 Å². The van der Waals surface area contributed by atoms with Gasteiger partial charge in [0.1, 0.15) is 0 Å². The number of aromatic nitrogens is 1. The molecule has 2 heterocycles. The van der Waals surface area contributed by atoms with Gasteiger partial charge in [-0.25, -0.2) is 9.79 Å². The maximum atomic E-state index is 13.8. The summed E-state index contributed by atoms with van der Waals surface area (Å²) in [5.41, 5.74) is 1.77. The summed E-state index contributed by atoms with van der Waals surface area (Å²) in [6.45, 7) is 7.12. The second kappa shape index (κ2) is 11.4. The number of hydrogen-bond donors (Lipinski definition) is 0. The number of nitrogens with zero attached hydrogens (tertiary/aromatic N) is 2. The van der Waals surface area contributed by atoms with E-state index in [4.69, 9.17) is 25.8 Å². The number of carbonyl (C=O) groups is 2. The van der Waals surface area contributed by atoms with Crippen molar-refractivity contribution in [2.75, 3.05) is 13.7 Å². The number of methoxy groups -OCH3 is 1. The Morgan fingerprint density at radius 2 is 1.87 bits per heavy atom. The van der Waals surface area contributed by atoms with Gasteiger partial charge in [0.15, 0.2) is 16.3 Å². The molecule has 0 saturated heterocycles. The predicted octanol–water partition coefficient (Wildman–Crippen LogP) is 4.02. The Morgan fingerprint density at radius 1 is 1.16 bits per heavy atom. The molecule has 10 heteroatoms. The smallest absolute Gasteiger partial charge is 0.338 e. The van der Waals surface area contributed by atoms with E-state index in [-0.39, 0.29) is 35.2 Å². The number of fused-ring (bicyclic) bond motifs is 1. The summed E-state index contributed by atoms with van der Waals surface area (Å²) in [6.07, 6.45) is 1.76.